The highest BCUT2D eigenvalue weighted by Gasteiger charge is 2.70. The van der Waals surface area contributed by atoms with Gasteiger partial charge < -0.3 is 24.4 Å². The van der Waals surface area contributed by atoms with E-state index in [0.29, 0.717) is 11.0 Å². The molecule has 1 aliphatic rings. The molecule has 0 bridgehead atoms. The van der Waals surface area contributed by atoms with Crippen LogP contribution < -0.4 is 11.0 Å². The molecule has 1 aromatic heterocycles. The summed E-state index contributed by atoms with van der Waals surface area (Å²) in [5.41, 5.74) is -7.15. The molecule has 1 aliphatic heterocycles. The first-order valence-electron chi connectivity index (χ1n) is 10.4. The Labute approximate surface area is 196 Å². The summed E-state index contributed by atoms with van der Waals surface area (Å²) < 4.78 is 16.5. The van der Waals surface area contributed by atoms with Gasteiger partial charge in [0.05, 0.1) is 23.9 Å². The zero-order chi connectivity index (χ0) is 26.1. The van der Waals surface area contributed by atoms with Crippen LogP contribution in [0, 0.1) is 12.3 Å². The quantitative estimate of drug-likeness (QED) is 0.437. The molecule has 0 spiro atoms. The van der Waals surface area contributed by atoms with Crippen molar-refractivity contribution >= 4 is 23.5 Å². The molecule has 186 valence electrons. The normalized spacial score (nSPS) is 26.6. The van der Waals surface area contributed by atoms with E-state index < -0.39 is 52.5 Å². The Morgan fingerprint density at radius 1 is 1.29 bits per heavy atom. The van der Waals surface area contributed by atoms with Crippen LogP contribution in [0.4, 0.5) is 10.6 Å². The van der Waals surface area contributed by atoms with E-state index in [1.165, 1.54) is 14.0 Å². The first-order chi connectivity index (χ1) is 15.6. The van der Waals surface area contributed by atoms with Crippen molar-refractivity contribution in [2.75, 3.05) is 19.0 Å². The number of hydrogen-bond donors (Lipinski definition) is 3. The third kappa shape index (κ3) is 4.60. The van der Waals surface area contributed by atoms with E-state index in [1.807, 2.05) is 13.8 Å². The van der Waals surface area contributed by atoms with Crippen LogP contribution in [0.5, 0.6) is 0 Å². The number of rotatable bonds is 8. The Kier molecular flexibility index (Phi) is 7.69. The Bertz CT molecular complexity index is 1090. The number of carbonyl (C=O) groups is 3. The average Bonchev–Trinajstić information content (AvgIpc) is 2.96. The highest BCUT2D eigenvalue weighted by Crippen LogP contribution is 2.46. The Hall–Kier alpha value is -3.11. The third-order valence-electron chi connectivity index (χ3n) is 6.00. The summed E-state index contributed by atoms with van der Waals surface area (Å²) in [6.45, 7) is 6.83. The summed E-state index contributed by atoms with van der Waals surface area (Å²) in [6, 6.07) is 0. The van der Waals surface area contributed by atoms with Crippen molar-refractivity contribution in [2.24, 2.45) is 0 Å². The van der Waals surface area contributed by atoms with Crippen LogP contribution in [0.15, 0.2) is 11.0 Å². The van der Waals surface area contributed by atoms with Crippen LogP contribution in [0.25, 0.3) is 0 Å². The van der Waals surface area contributed by atoms with Gasteiger partial charge in [0.25, 0.3) is 0 Å². The zero-order valence-electron chi connectivity index (χ0n) is 19.9. The number of methoxy groups -OCH3 is 1. The SMILES string of the molecule is C#Cc1cn([C@@H]2O[C@H](C)[C@](O)(C(C)=O)[C@]2(O)C(C)=O)c(=O)nc1NC(=O)OCCC(C)(C)OC. The van der Waals surface area contributed by atoms with Gasteiger partial charge in [0, 0.05) is 19.7 Å². The largest absolute Gasteiger partial charge is 0.449 e. The fourth-order valence-electron chi connectivity index (χ4n) is 3.61. The van der Waals surface area contributed by atoms with Gasteiger partial charge >= 0.3 is 11.8 Å². The maximum atomic E-state index is 12.8. The molecule has 0 aromatic carbocycles. The topological polar surface area (TPSA) is 166 Å². The van der Waals surface area contributed by atoms with Crippen molar-refractivity contribution in [3.63, 3.8) is 0 Å². The van der Waals surface area contributed by atoms with Crippen LogP contribution in [0.2, 0.25) is 0 Å². The zero-order valence-corrected chi connectivity index (χ0v) is 19.9. The summed E-state index contributed by atoms with van der Waals surface area (Å²) in [6.07, 6.45) is 2.79. The number of ether oxygens (including phenoxy) is 3. The van der Waals surface area contributed by atoms with Crippen molar-refractivity contribution in [1.29, 1.82) is 0 Å². The van der Waals surface area contributed by atoms with E-state index in [0.717, 1.165) is 20.0 Å². The number of terminal acetylenes is 1. The van der Waals surface area contributed by atoms with Crippen molar-refractivity contribution in [1.82, 2.24) is 9.55 Å². The van der Waals surface area contributed by atoms with Gasteiger partial charge in [-0.2, -0.15) is 4.98 Å². The first-order valence-corrected chi connectivity index (χ1v) is 10.4. The smallest absolute Gasteiger partial charge is 0.412 e. The molecular weight excluding hydrogens is 450 g/mol. The van der Waals surface area contributed by atoms with E-state index >= 15 is 0 Å². The minimum Gasteiger partial charge on any atom is -0.449 e. The molecule has 0 unspecified atom stereocenters. The minimum atomic E-state index is -2.81. The van der Waals surface area contributed by atoms with Crippen molar-refractivity contribution in [2.45, 2.75) is 70.2 Å². The molecule has 1 amide bonds. The second-order valence-electron chi connectivity index (χ2n) is 8.59. The van der Waals surface area contributed by atoms with Gasteiger partial charge in [-0.3, -0.25) is 19.5 Å². The van der Waals surface area contributed by atoms with E-state index in [2.05, 4.69) is 16.2 Å². The van der Waals surface area contributed by atoms with Crippen LogP contribution in [-0.2, 0) is 23.8 Å². The fourth-order valence-corrected chi connectivity index (χ4v) is 3.61. The number of aliphatic hydroxyl groups is 2. The van der Waals surface area contributed by atoms with Crippen molar-refractivity contribution < 1.29 is 38.8 Å². The van der Waals surface area contributed by atoms with E-state index in [4.69, 9.17) is 20.6 Å². The van der Waals surface area contributed by atoms with Gasteiger partial charge in [-0.15, -0.1) is 6.42 Å². The lowest BCUT2D eigenvalue weighted by Gasteiger charge is -2.36. The van der Waals surface area contributed by atoms with Gasteiger partial charge in [-0.1, -0.05) is 5.92 Å². The number of nitrogens with one attached hydrogen (secondary N) is 1. The summed E-state index contributed by atoms with van der Waals surface area (Å²) in [4.78, 5) is 53.2. The molecule has 12 nitrogen and oxygen atoms in total. The lowest BCUT2D eigenvalue weighted by atomic mass is 9.75. The van der Waals surface area contributed by atoms with E-state index in [9.17, 15) is 29.4 Å². The lowest BCUT2D eigenvalue weighted by molar-refractivity contribution is -0.180. The Morgan fingerprint density at radius 3 is 2.38 bits per heavy atom. The summed E-state index contributed by atoms with van der Waals surface area (Å²) in [7, 11) is 1.53. The van der Waals surface area contributed by atoms with Crippen molar-refractivity contribution in [3.8, 4) is 12.3 Å². The molecule has 2 rings (SSSR count). The first kappa shape index (κ1) is 27.1. The summed E-state index contributed by atoms with van der Waals surface area (Å²) >= 11 is 0. The van der Waals surface area contributed by atoms with E-state index in [-0.39, 0.29) is 18.0 Å². The average molecular weight is 479 g/mol. The highest BCUT2D eigenvalue weighted by molar-refractivity contribution is 5.98. The number of ketones is 2. The monoisotopic (exact) mass is 479 g/mol. The van der Waals surface area contributed by atoms with Gasteiger partial charge in [0.1, 0.15) is 0 Å². The molecule has 0 saturated carbocycles. The molecule has 1 aromatic rings. The standard InChI is InChI=1S/C22H29N3O9/c1-8-15-11-25(17-22(31,13(3)27)21(30,12(2)26)14(4)34-17)18(28)23-16(15)24-19(29)33-10-9-20(5,6)32-7/h1,11,14,17,30-31H,9-10H2,2-7H3,(H,23,24,28,29)/t14-,17-,21-,22+/m1/s1. The number of carbonyl (C=O) groups excluding carboxylic acids is 3. The van der Waals surface area contributed by atoms with Crippen LogP contribution in [-0.4, -0.2) is 74.0 Å². The molecular formula is C22H29N3O9. The van der Waals surface area contributed by atoms with Crippen LogP contribution in [0.1, 0.15) is 52.8 Å². The fraction of sp³-hybridized carbons (Fsp3) is 0.591. The minimum absolute atomic E-state index is 0.0121. The van der Waals surface area contributed by atoms with Gasteiger partial charge in [0.15, 0.2) is 29.2 Å². The number of aromatic nitrogens is 2. The number of hydrogen-bond acceptors (Lipinski definition) is 10. The molecule has 12 heteroatoms. The van der Waals surface area contributed by atoms with Crippen LogP contribution >= 0.6 is 0 Å². The molecule has 0 aliphatic carbocycles. The predicted octanol–water partition coefficient (Wildman–Crippen LogP) is 0.146. The molecule has 1 fully saturated rings. The summed E-state index contributed by atoms with van der Waals surface area (Å²) in [5, 5.41) is 24.3. The molecule has 4 atom stereocenters. The molecule has 0 radical (unpaired) electrons. The van der Waals surface area contributed by atoms with Gasteiger partial charge in [0.2, 0.25) is 5.60 Å². The second kappa shape index (κ2) is 9.63. The molecule has 2 heterocycles. The lowest BCUT2D eigenvalue weighted by Crippen LogP contribution is -2.65. The highest BCUT2D eigenvalue weighted by atomic mass is 16.6. The number of anilines is 1. The molecule has 3 N–H and O–H groups in total. The maximum absolute atomic E-state index is 12.8. The van der Waals surface area contributed by atoms with Crippen molar-refractivity contribution in [3.05, 3.63) is 22.2 Å². The third-order valence-corrected chi connectivity index (χ3v) is 6.00. The molecule has 34 heavy (non-hydrogen) atoms. The predicted molar refractivity (Wildman–Crippen MR) is 118 cm³/mol. The number of nitrogens with zero attached hydrogens (tertiary/aromatic N) is 2. The molecule has 1 saturated heterocycles. The van der Waals surface area contributed by atoms with Gasteiger partial charge in [-0.25, -0.2) is 9.59 Å². The Morgan fingerprint density at radius 2 is 1.88 bits per heavy atom. The van der Waals surface area contributed by atoms with Gasteiger partial charge in [-0.05, 0) is 34.6 Å². The number of amides is 1. The Balaban J connectivity index is 2.39. The summed E-state index contributed by atoms with van der Waals surface area (Å²) in [5.74, 6) is -0.0273. The second-order valence-corrected chi connectivity index (χ2v) is 8.59. The van der Waals surface area contributed by atoms with Crippen LogP contribution in [0.3, 0.4) is 0 Å². The maximum Gasteiger partial charge on any atom is 0.412 e. The number of Topliss-reactive ketones (excluding diaryl/α,β-unsaturated/α-hetero) is 2. The van der Waals surface area contributed by atoms with E-state index in [1.54, 1.807) is 0 Å².